The van der Waals surface area contributed by atoms with Gasteiger partial charge in [-0.2, -0.15) is 0 Å². The van der Waals surface area contributed by atoms with Crippen LogP contribution in [0.3, 0.4) is 0 Å². The van der Waals surface area contributed by atoms with Gasteiger partial charge in [0.2, 0.25) is 0 Å². The van der Waals surface area contributed by atoms with Gasteiger partial charge in [0.05, 0.1) is 6.61 Å². The monoisotopic (exact) mass is 192 g/mol. The lowest BCUT2D eigenvalue weighted by Crippen LogP contribution is -2.16. The first-order valence-electron chi connectivity index (χ1n) is 5.41. The highest BCUT2D eigenvalue weighted by molar-refractivity contribution is 5.97. The van der Waals surface area contributed by atoms with Gasteiger partial charge in [0.1, 0.15) is 5.76 Å². The van der Waals surface area contributed by atoms with Crippen molar-refractivity contribution in [1.82, 2.24) is 0 Å². The molecule has 0 atom stereocenters. The first-order chi connectivity index (χ1) is 6.83. The van der Waals surface area contributed by atoms with E-state index in [1.165, 1.54) is 5.57 Å². The Morgan fingerprint density at radius 1 is 1.29 bits per heavy atom. The molecule has 0 aromatic heterocycles. The Kier molecular flexibility index (Phi) is 2.71. The van der Waals surface area contributed by atoms with Gasteiger partial charge in [0.25, 0.3) is 0 Å². The summed E-state index contributed by atoms with van der Waals surface area (Å²) in [5.41, 5.74) is 2.23. The summed E-state index contributed by atoms with van der Waals surface area (Å²) in [6.07, 6.45) is 6.75. The van der Waals surface area contributed by atoms with Crippen LogP contribution < -0.4 is 0 Å². The van der Waals surface area contributed by atoms with E-state index in [1.807, 2.05) is 6.92 Å². The van der Waals surface area contributed by atoms with Crippen LogP contribution in [0.4, 0.5) is 0 Å². The van der Waals surface area contributed by atoms with Crippen molar-refractivity contribution in [3.05, 3.63) is 23.0 Å². The van der Waals surface area contributed by atoms with Crippen molar-refractivity contribution >= 4 is 5.78 Å². The smallest absolute Gasteiger partial charge is 0.159 e. The summed E-state index contributed by atoms with van der Waals surface area (Å²) in [4.78, 5) is 11.6. The molecule has 0 aromatic rings. The number of Topliss-reactive ketones (excluding diaryl/α,β-unsaturated/α-hetero) is 1. The number of rotatable bonds is 2. The Hall–Kier alpha value is -1.05. The zero-order valence-electron chi connectivity index (χ0n) is 8.64. The molecule has 0 spiro atoms. The summed E-state index contributed by atoms with van der Waals surface area (Å²) in [5, 5.41) is 0. The van der Waals surface area contributed by atoms with Crippen LogP contribution in [0.1, 0.15) is 39.0 Å². The molecule has 0 bridgehead atoms. The molecule has 0 heterocycles. The number of carbonyl (C=O) groups is 1. The zero-order valence-corrected chi connectivity index (χ0v) is 8.64. The highest BCUT2D eigenvalue weighted by Gasteiger charge is 2.25. The topological polar surface area (TPSA) is 26.3 Å². The second-order valence-electron chi connectivity index (χ2n) is 3.77. The molecule has 0 unspecified atom stereocenters. The maximum absolute atomic E-state index is 11.6. The Balaban J connectivity index is 2.28. The Morgan fingerprint density at radius 3 is 2.93 bits per heavy atom. The highest BCUT2D eigenvalue weighted by Crippen LogP contribution is 2.34. The molecule has 0 N–H and O–H groups in total. The van der Waals surface area contributed by atoms with E-state index in [0.717, 1.165) is 43.4 Å². The lowest BCUT2D eigenvalue weighted by Gasteiger charge is -2.24. The van der Waals surface area contributed by atoms with Gasteiger partial charge in [-0.1, -0.05) is 0 Å². The average Bonchev–Trinajstić information content (AvgIpc) is 2.20. The standard InChI is InChI=1S/C12H16O2/c1-2-14-12-8-4-5-9-10(12)6-3-7-11(9)13/h8H,2-7H2,1H3. The van der Waals surface area contributed by atoms with Crippen molar-refractivity contribution in [2.45, 2.75) is 39.0 Å². The van der Waals surface area contributed by atoms with Gasteiger partial charge in [0.15, 0.2) is 5.78 Å². The fraction of sp³-hybridized carbons (Fsp3) is 0.583. The number of carbonyl (C=O) groups excluding carboxylic acids is 1. The Labute approximate surface area is 84.6 Å². The second kappa shape index (κ2) is 3.99. The maximum Gasteiger partial charge on any atom is 0.159 e. The van der Waals surface area contributed by atoms with E-state index in [1.54, 1.807) is 0 Å². The zero-order chi connectivity index (χ0) is 9.97. The van der Waals surface area contributed by atoms with E-state index in [2.05, 4.69) is 6.08 Å². The molecule has 2 aliphatic rings. The molecule has 2 aliphatic carbocycles. The molecular weight excluding hydrogens is 176 g/mol. The van der Waals surface area contributed by atoms with Crippen LogP contribution in [-0.2, 0) is 9.53 Å². The molecule has 0 saturated heterocycles. The number of ether oxygens (including phenoxy) is 1. The average molecular weight is 192 g/mol. The number of hydrogen-bond acceptors (Lipinski definition) is 2. The number of ketones is 1. The van der Waals surface area contributed by atoms with Gasteiger partial charge in [-0.15, -0.1) is 0 Å². The fourth-order valence-corrected chi connectivity index (χ4v) is 2.23. The van der Waals surface area contributed by atoms with Crippen LogP contribution in [0, 0.1) is 0 Å². The molecule has 14 heavy (non-hydrogen) atoms. The molecular formula is C12H16O2. The van der Waals surface area contributed by atoms with Gasteiger partial charge in [-0.3, -0.25) is 4.79 Å². The molecule has 0 aliphatic heterocycles. The number of hydrogen-bond donors (Lipinski definition) is 0. The molecule has 2 rings (SSSR count). The number of allylic oxidation sites excluding steroid dienone is 3. The molecule has 0 amide bonds. The summed E-state index contributed by atoms with van der Waals surface area (Å²) in [5.74, 6) is 1.32. The lowest BCUT2D eigenvalue weighted by atomic mass is 9.84. The second-order valence-corrected chi connectivity index (χ2v) is 3.77. The minimum atomic E-state index is 0.344. The van der Waals surface area contributed by atoms with Crippen molar-refractivity contribution in [1.29, 1.82) is 0 Å². The van der Waals surface area contributed by atoms with Crippen molar-refractivity contribution in [3.63, 3.8) is 0 Å². The molecule has 2 nitrogen and oxygen atoms in total. The summed E-state index contributed by atoms with van der Waals surface area (Å²) in [6.45, 7) is 2.68. The third-order valence-corrected chi connectivity index (χ3v) is 2.85. The normalized spacial score (nSPS) is 21.8. The van der Waals surface area contributed by atoms with E-state index in [-0.39, 0.29) is 0 Å². The van der Waals surface area contributed by atoms with Gasteiger partial charge < -0.3 is 4.74 Å². The summed E-state index contributed by atoms with van der Waals surface area (Å²) in [7, 11) is 0. The molecule has 0 saturated carbocycles. The Morgan fingerprint density at radius 2 is 2.14 bits per heavy atom. The van der Waals surface area contributed by atoms with Gasteiger partial charge in [-0.05, 0) is 38.7 Å². The van der Waals surface area contributed by atoms with Crippen molar-refractivity contribution in [2.24, 2.45) is 0 Å². The van der Waals surface area contributed by atoms with E-state index in [4.69, 9.17) is 4.74 Å². The van der Waals surface area contributed by atoms with Crippen LogP contribution in [-0.4, -0.2) is 12.4 Å². The largest absolute Gasteiger partial charge is 0.494 e. The van der Waals surface area contributed by atoms with Crippen LogP contribution in [0.15, 0.2) is 23.0 Å². The maximum atomic E-state index is 11.6. The SMILES string of the molecule is CCOC1=CCCC2=C1CCCC2=O. The van der Waals surface area contributed by atoms with Crippen LogP contribution >= 0.6 is 0 Å². The van der Waals surface area contributed by atoms with Crippen molar-refractivity contribution in [2.75, 3.05) is 6.61 Å². The van der Waals surface area contributed by atoms with E-state index in [9.17, 15) is 4.79 Å². The molecule has 76 valence electrons. The minimum Gasteiger partial charge on any atom is -0.494 e. The molecule has 0 fully saturated rings. The van der Waals surface area contributed by atoms with Crippen LogP contribution in [0.25, 0.3) is 0 Å². The van der Waals surface area contributed by atoms with Gasteiger partial charge in [0, 0.05) is 17.6 Å². The molecule has 0 radical (unpaired) electrons. The first-order valence-corrected chi connectivity index (χ1v) is 5.41. The fourth-order valence-electron chi connectivity index (χ4n) is 2.23. The first kappa shape index (κ1) is 9.50. The molecule has 2 heteroatoms. The quantitative estimate of drug-likeness (QED) is 0.672. The van der Waals surface area contributed by atoms with E-state index < -0.39 is 0 Å². The van der Waals surface area contributed by atoms with Crippen LogP contribution in [0.2, 0.25) is 0 Å². The van der Waals surface area contributed by atoms with Gasteiger partial charge in [-0.25, -0.2) is 0 Å². The summed E-state index contributed by atoms with van der Waals surface area (Å²) < 4.78 is 5.55. The minimum absolute atomic E-state index is 0.344. The van der Waals surface area contributed by atoms with Crippen molar-refractivity contribution in [3.8, 4) is 0 Å². The highest BCUT2D eigenvalue weighted by atomic mass is 16.5. The van der Waals surface area contributed by atoms with Crippen molar-refractivity contribution < 1.29 is 9.53 Å². The van der Waals surface area contributed by atoms with Gasteiger partial charge >= 0.3 is 0 Å². The van der Waals surface area contributed by atoms with Crippen LogP contribution in [0.5, 0.6) is 0 Å². The predicted molar refractivity (Wildman–Crippen MR) is 54.8 cm³/mol. The predicted octanol–water partition coefficient (Wildman–Crippen LogP) is 2.75. The Bertz CT molecular complexity index is 310. The molecule has 0 aromatic carbocycles. The van der Waals surface area contributed by atoms with E-state index >= 15 is 0 Å². The summed E-state index contributed by atoms with van der Waals surface area (Å²) in [6, 6.07) is 0. The third kappa shape index (κ3) is 1.61. The van der Waals surface area contributed by atoms with E-state index in [0.29, 0.717) is 12.4 Å². The third-order valence-electron chi connectivity index (χ3n) is 2.85. The summed E-state index contributed by atoms with van der Waals surface area (Å²) >= 11 is 0. The lowest BCUT2D eigenvalue weighted by molar-refractivity contribution is -0.116.